The topological polar surface area (TPSA) is 0 Å². The zero-order chi connectivity index (χ0) is 17.6. The van der Waals surface area contributed by atoms with E-state index < -0.39 is 0 Å². The van der Waals surface area contributed by atoms with Gasteiger partial charge in [-0.3, -0.25) is 0 Å². The van der Waals surface area contributed by atoms with Gasteiger partial charge in [0.15, 0.2) is 0 Å². The Morgan fingerprint density at radius 2 is 0.929 bits per heavy atom. The molecule has 0 aromatic carbocycles. The monoisotopic (exact) mass is 374 g/mol. The van der Waals surface area contributed by atoms with Crippen LogP contribution in [0.15, 0.2) is 0 Å². The summed E-state index contributed by atoms with van der Waals surface area (Å²) < 4.78 is 0. The first-order valence-corrected chi connectivity index (χ1v) is 13.7. The molecule has 3 unspecified atom stereocenters. The Balaban J connectivity index is 1.29. The van der Waals surface area contributed by atoms with Crippen LogP contribution in [0.25, 0.3) is 0 Å². The summed E-state index contributed by atoms with van der Waals surface area (Å²) in [6, 6.07) is 0. The second-order valence-corrected chi connectivity index (χ2v) is 14.9. The molecule has 14 aliphatic carbocycles. The highest BCUT2D eigenvalue weighted by Gasteiger charge is 2.87. The molecule has 0 saturated heterocycles. The third-order valence-corrected chi connectivity index (χ3v) is 14.8. The third-order valence-electron chi connectivity index (χ3n) is 14.8. The lowest BCUT2D eigenvalue weighted by atomic mass is 9.13. The van der Waals surface area contributed by atoms with E-state index in [9.17, 15) is 0 Å². The molecule has 0 aromatic heterocycles. The zero-order valence-corrected chi connectivity index (χ0v) is 17.6. The van der Waals surface area contributed by atoms with E-state index in [4.69, 9.17) is 0 Å². The average Bonchev–Trinajstić information content (AvgIpc) is 2.65. The van der Waals surface area contributed by atoms with E-state index in [1.54, 1.807) is 83.5 Å². The van der Waals surface area contributed by atoms with Crippen LogP contribution >= 0.6 is 0 Å². The van der Waals surface area contributed by atoms with Crippen LogP contribution in [0.1, 0.15) is 83.5 Å². The number of hydrogen-bond donors (Lipinski definition) is 0. The van der Waals surface area contributed by atoms with E-state index in [0.717, 1.165) is 16.2 Å². The van der Waals surface area contributed by atoms with Gasteiger partial charge in [0.05, 0.1) is 0 Å². The first kappa shape index (κ1) is 14.9. The molecule has 0 amide bonds. The SMILES string of the molecule is C1C2CC3CC1CC(C14[C@@H]5C[C@H]6C[C@@H]7C8[C@@H]9C[C@@H](C[C@H]1[C@@H]9C[C@@H]75)CC84C6)(C2)C3. The Labute approximate surface area is 171 Å². The van der Waals surface area contributed by atoms with Crippen molar-refractivity contribution in [1.82, 2.24) is 0 Å². The number of hydrogen-bond acceptors (Lipinski definition) is 0. The maximum atomic E-state index is 1.75. The van der Waals surface area contributed by atoms with Crippen LogP contribution in [0, 0.1) is 87.3 Å². The van der Waals surface area contributed by atoms with E-state index in [1.165, 1.54) is 71.0 Å². The molecule has 14 rings (SSSR count). The third kappa shape index (κ3) is 1.19. The molecule has 14 saturated carbocycles. The van der Waals surface area contributed by atoms with E-state index in [1.807, 2.05) is 0 Å². The quantitative estimate of drug-likeness (QED) is 0.488. The van der Waals surface area contributed by atoms with Gasteiger partial charge in [0.25, 0.3) is 0 Å². The molecular weight excluding hydrogens is 336 g/mol. The van der Waals surface area contributed by atoms with E-state index in [0.29, 0.717) is 0 Å². The minimum Gasteiger partial charge on any atom is -0.0475 e. The second-order valence-electron chi connectivity index (χ2n) is 14.9. The van der Waals surface area contributed by atoms with Crippen molar-refractivity contribution in [1.29, 1.82) is 0 Å². The van der Waals surface area contributed by atoms with Gasteiger partial charge < -0.3 is 0 Å². The highest BCUT2D eigenvalue weighted by molar-refractivity contribution is 5.35. The molecule has 14 aliphatic rings. The highest BCUT2D eigenvalue weighted by atomic mass is 14.9. The summed E-state index contributed by atoms with van der Waals surface area (Å²) in [6.07, 6.45) is 22.2. The molecule has 0 aromatic rings. The molecule has 15 bridgehead atoms. The summed E-state index contributed by atoms with van der Waals surface area (Å²) in [5.41, 5.74) is 2.63. The average molecular weight is 375 g/mol. The maximum absolute atomic E-state index is 1.75. The predicted octanol–water partition coefficient (Wildman–Crippen LogP) is 6.55. The van der Waals surface area contributed by atoms with Gasteiger partial charge in [-0.05, 0) is 171 Å². The standard InChI is InChI=1S/C28H38/c1-14-2-16-3-15(1)10-26(9-14,11-16)28-23-6-17-4-21-19(23)8-20-22-5-18(7-24(20)28)13-27(28,12-17)25(21)22/h14-25H,1-13H2/t14?,15?,16?,17-,18+,19+,20-,21+,22-,23-,24+,25?,26?,27?,28?. The fraction of sp³-hybridized carbons (Fsp3) is 1.00. The molecule has 14 fully saturated rings. The van der Waals surface area contributed by atoms with Gasteiger partial charge in [0, 0.05) is 0 Å². The summed E-state index contributed by atoms with van der Waals surface area (Å²) in [6.45, 7) is 0. The second kappa shape index (κ2) is 4.07. The van der Waals surface area contributed by atoms with Gasteiger partial charge >= 0.3 is 0 Å². The summed E-state index contributed by atoms with van der Waals surface area (Å²) in [5, 5.41) is 0. The van der Waals surface area contributed by atoms with Crippen LogP contribution in [0.3, 0.4) is 0 Å². The van der Waals surface area contributed by atoms with E-state index in [-0.39, 0.29) is 0 Å². The molecule has 28 heavy (non-hydrogen) atoms. The van der Waals surface area contributed by atoms with Gasteiger partial charge in [-0.15, -0.1) is 0 Å². The van der Waals surface area contributed by atoms with E-state index in [2.05, 4.69) is 0 Å². The molecule has 0 nitrogen and oxygen atoms in total. The van der Waals surface area contributed by atoms with Crippen LogP contribution in [-0.4, -0.2) is 0 Å². The van der Waals surface area contributed by atoms with Crippen molar-refractivity contribution >= 4 is 0 Å². The van der Waals surface area contributed by atoms with Crippen LogP contribution in [0.5, 0.6) is 0 Å². The summed E-state index contributed by atoms with van der Waals surface area (Å²) in [7, 11) is 0. The van der Waals surface area contributed by atoms with Crippen molar-refractivity contribution in [3.63, 3.8) is 0 Å². The van der Waals surface area contributed by atoms with Crippen molar-refractivity contribution in [2.45, 2.75) is 83.5 Å². The zero-order valence-electron chi connectivity index (χ0n) is 17.6. The van der Waals surface area contributed by atoms with Crippen molar-refractivity contribution < 1.29 is 0 Å². The van der Waals surface area contributed by atoms with E-state index >= 15 is 0 Å². The molecule has 0 radical (unpaired) electrons. The summed E-state index contributed by atoms with van der Waals surface area (Å²) >= 11 is 0. The molecule has 0 aliphatic heterocycles. The lowest BCUT2D eigenvalue weighted by molar-refractivity contribution is -0.434. The van der Waals surface area contributed by atoms with Crippen molar-refractivity contribution in [2.24, 2.45) is 87.3 Å². The summed E-state index contributed by atoms with van der Waals surface area (Å²) in [5.74, 6) is 14.4. The normalized spacial score (nSPS) is 78.0. The lowest BCUT2D eigenvalue weighted by Gasteiger charge is -2.91. The fourth-order valence-corrected chi connectivity index (χ4v) is 16.3. The van der Waals surface area contributed by atoms with Gasteiger partial charge in [-0.2, -0.15) is 0 Å². The molecule has 1 spiro atoms. The number of rotatable bonds is 1. The Bertz CT molecular complexity index is 734. The van der Waals surface area contributed by atoms with Crippen LogP contribution < -0.4 is 0 Å². The largest absolute Gasteiger partial charge is 0.0475 e. The van der Waals surface area contributed by atoms with Crippen LogP contribution in [0.4, 0.5) is 0 Å². The highest BCUT2D eigenvalue weighted by Crippen LogP contribution is 2.93. The minimum absolute atomic E-state index is 0.854. The maximum Gasteiger partial charge on any atom is -0.0119 e. The Hall–Kier alpha value is 0. The smallest absolute Gasteiger partial charge is 0.0119 e. The van der Waals surface area contributed by atoms with Crippen molar-refractivity contribution in [3.05, 3.63) is 0 Å². The van der Waals surface area contributed by atoms with Gasteiger partial charge in [0.2, 0.25) is 0 Å². The molecule has 11 atom stereocenters. The Morgan fingerprint density at radius 3 is 1.46 bits per heavy atom. The molecule has 0 heteroatoms. The molecule has 150 valence electrons. The van der Waals surface area contributed by atoms with Gasteiger partial charge in [-0.1, -0.05) is 0 Å². The first-order valence-electron chi connectivity index (χ1n) is 13.7. The van der Waals surface area contributed by atoms with Crippen molar-refractivity contribution in [3.8, 4) is 0 Å². The predicted molar refractivity (Wildman–Crippen MR) is 109 cm³/mol. The fourth-order valence-electron chi connectivity index (χ4n) is 16.3. The summed E-state index contributed by atoms with van der Waals surface area (Å²) in [4.78, 5) is 0. The lowest BCUT2D eigenvalue weighted by Crippen LogP contribution is -2.85. The minimum atomic E-state index is 0.854. The first-order chi connectivity index (χ1) is 13.7. The van der Waals surface area contributed by atoms with Crippen LogP contribution in [0.2, 0.25) is 0 Å². The van der Waals surface area contributed by atoms with Gasteiger partial charge in [0.1, 0.15) is 0 Å². The molecule has 0 heterocycles. The van der Waals surface area contributed by atoms with Crippen LogP contribution in [-0.2, 0) is 0 Å². The van der Waals surface area contributed by atoms with Gasteiger partial charge in [-0.25, -0.2) is 0 Å². The Kier molecular flexibility index (Phi) is 2.17. The van der Waals surface area contributed by atoms with Crippen molar-refractivity contribution in [2.75, 3.05) is 0 Å². The Morgan fingerprint density at radius 1 is 0.429 bits per heavy atom. The molecular formula is C28H38. The molecule has 0 N–H and O–H groups in total.